The third-order valence-corrected chi connectivity index (χ3v) is 3.91. The zero-order valence-corrected chi connectivity index (χ0v) is 11.5. The van der Waals surface area contributed by atoms with Gasteiger partial charge in [0.15, 0.2) is 11.6 Å². The van der Waals surface area contributed by atoms with Gasteiger partial charge in [-0.2, -0.15) is 0 Å². The number of nitrogens with one attached hydrogen (secondary N) is 1. The Morgan fingerprint density at radius 2 is 1.90 bits per heavy atom. The quantitative estimate of drug-likeness (QED) is 0.882. The monoisotopic (exact) mass is 290 g/mol. The predicted molar refractivity (Wildman–Crippen MR) is 75.4 cm³/mol. The van der Waals surface area contributed by atoms with Crippen LogP contribution >= 0.6 is 0 Å². The van der Waals surface area contributed by atoms with Crippen molar-refractivity contribution >= 4 is 5.78 Å². The van der Waals surface area contributed by atoms with Gasteiger partial charge >= 0.3 is 0 Å². The fraction of sp³-hybridized carbons (Fsp3) is 0.312. The van der Waals surface area contributed by atoms with Gasteiger partial charge in [-0.05, 0) is 50.2 Å². The zero-order valence-electron chi connectivity index (χ0n) is 11.5. The van der Waals surface area contributed by atoms with E-state index in [1.165, 1.54) is 12.1 Å². The molecule has 0 aliphatic carbocycles. The third kappa shape index (κ3) is 2.61. The van der Waals surface area contributed by atoms with E-state index in [1.807, 2.05) is 10.8 Å². The largest absolute Gasteiger partial charge is 0.342 e. The molecule has 1 aromatic heterocycles. The summed E-state index contributed by atoms with van der Waals surface area (Å²) in [7, 11) is 0. The van der Waals surface area contributed by atoms with Crippen molar-refractivity contribution < 1.29 is 13.6 Å². The van der Waals surface area contributed by atoms with Crippen LogP contribution in [0.4, 0.5) is 8.78 Å². The van der Waals surface area contributed by atoms with Gasteiger partial charge in [-0.15, -0.1) is 0 Å². The van der Waals surface area contributed by atoms with Crippen LogP contribution in [0.5, 0.6) is 0 Å². The van der Waals surface area contributed by atoms with Crippen LogP contribution in [0.15, 0.2) is 36.5 Å². The molecule has 0 amide bonds. The lowest BCUT2D eigenvalue weighted by Crippen LogP contribution is -2.30. The molecule has 1 saturated heterocycles. The Hall–Kier alpha value is -2.01. The summed E-state index contributed by atoms with van der Waals surface area (Å²) in [5.74, 6) is -2.56. The Bertz CT molecular complexity index is 660. The van der Waals surface area contributed by atoms with Crippen LogP contribution in [0.25, 0.3) is 0 Å². The number of hydrogen-bond donors (Lipinski definition) is 1. The van der Waals surface area contributed by atoms with E-state index >= 15 is 0 Å². The number of carbonyl (C=O) groups is 1. The summed E-state index contributed by atoms with van der Waals surface area (Å²) in [5, 5.41) is 3.27. The highest BCUT2D eigenvalue weighted by Gasteiger charge is 2.23. The molecule has 0 atom stereocenters. The minimum Gasteiger partial charge on any atom is -0.342 e. The second kappa shape index (κ2) is 5.77. The number of rotatable bonds is 3. The Morgan fingerprint density at radius 1 is 1.14 bits per heavy atom. The molecule has 1 aliphatic heterocycles. The van der Waals surface area contributed by atoms with Crippen molar-refractivity contribution in [3.8, 4) is 0 Å². The lowest BCUT2D eigenvalue weighted by Gasteiger charge is -2.25. The van der Waals surface area contributed by atoms with Crippen molar-refractivity contribution in [2.75, 3.05) is 13.1 Å². The molecule has 0 bridgehead atoms. The summed E-state index contributed by atoms with van der Waals surface area (Å²) in [6.45, 7) is 1.79. The van der Waals surface area contributed by atoms with E-state index in [4.69, 9.17) is 0 Å². The first-order chi connectivity index (χ1) is 10.2. The molecule has 3 nitrogen and oxygen atoms in total. The molecule has 0 saturated carbocycles. The van der Waals surface area contributed by atoms with E-state index in [0.717, 1.165) is 32.0 Å². The molecular formula is C16H16F2N2O. The predicted octanol–water partition coefficient (Wildman–Crippen LogP) is 2.92. The lowest BCUT2D eigenvalue weighted by atomic mass is 10.0. The van der Waals surface area contributed by atoms with Gasteiger partial charge in [-0.25, -0.2) is 8.78 Å². The van der Waals surface area contributed by atoms with Crippen molar-refractivity contribution in [1.29, 1.82) is 0 Å². The second-order valence-corrected chi connectivity index (χ2v) is 5.21. The van der Waals surface area contributed by atoms with Gasteiger partial charge in [0.1, 0.15) is 0 Å². The standard InChI is InChI=1S/C16H16F2N2O/c17-13-4-1-3-12(15(13)18)16(21)14-5-2-10-20(14)11-6-8-19-9-7-11/h1-5,10-11,19H,6-9H2. The third-order valence-electron chi connectivity index (χ3n) is 3.91. The molecule has 0 radical (unpaired) electrons. The van der Waals surface area contributed by atoms with Crippen molar-refractivity contribution in [2.45, 2.75) is 18.9 Å². The Balaban J connectivity index is 1.95. The van der Waals surface area contributed by atoms with Crippen LogP contribution in [-0.4, -0.2) is 23.4 Å². The zero-order chi connectivity index (χ0) is 14.8. The van der Waals surface area contributed by atoms with E-state index in [-0.39, 0.29) is 11.6 Å². The first kappa shape index (κ1) is 13.9. The highest BCUT2D eigenvalue weighted by Crippen LogP contribution is 2.24. The van der Waals surface area contributed by atoms with Gasteiger partial charge in [0.2, 0.25) is 5.78 Å². The molecule has 110 valence electrons. The smallest absolute Gasteiger partial charge is 0.212 e. The maximum Gasteiger partial charge on any atom is 0.212 e. The Kier molecular flexibility index (Phi) is 3.84. The summed E-state index contributed by atoms with van der Waals surface area (Å²) < 4.78 is 29.0. The second-order valence-electron chi connectivity index (χ2n) is 5.21. The highest BCUT2D eigenvalue weighted by molar-refractivity contribution is 6.08. The van der Waals surface area contributed by atoms with Gasteiger partial charge in [0.25, 0.3) is 0 Å². The fourth-order valence-electron chi connectivity index (χ4n) is 2.81. The first-order valence-electron chi connectivity index (χ1n) is 7.05. The summed E-state index contributed by atoms with van der Waals surface area (Å²) in [5.41, 5.74) is 0.190. The summed E-state index contributed by atoms with van der Waals surface area (Å²) in [4.78, 5) is 12.5. The topological polar surface area (TPSA) is 34.0 Å². The van der Waals surface area contributed by atoms with Gasteiger partial charge in [-0.1, -0.05) is 6.07 Å². The van der Waals surface area contributed by atoms with Gasteiger partial charge in [0.05, 0.1) is 11.3 Å². The van der Waals surface area contributed by atoms with Gasteiger partial charge < -0.3 is 9.88 Å². The Morgan fingerprint density at radius 3 is 2.67 bits per heavy atom. The Labute approximate surface area is 121 Å². The van der Waals surface area contributed by atoms with Crippen molar-refractivity contribution in [3.05, 3.63) is 59.4 Å². The molecule has 1 N–H and O–H groups in total. The van der Waals surface area contributed by atoms with Crippen molar-refractivity contribution in [1.82, 2.24) is 9.88 Å². The molecule has 5 heteroatoms. The number of hydrogen-bond acceptors (Lipinski definition) is 2. The van der Waals surface area contributed by atoms with E-state index < -0.39 is 17.4 Å². The lowest BCUT2D eigenvalue weighted by molar-refractivity contribution is 0.102. The highest BCUT2D eigenvalue weighted by atomic mass is 19.2. The summed E-state index contributed by atoms with van der Waals surface area (Å²) >= 11 is 0. The number of aromatic nitrogens is 1. The molecular weight excluding hydrogens is 274 g/mol. The van der Waals surface area contributed by atoms with Crippen LogP contribution in [-0.2, 0) is 0 Å². The normalized spacial score (nSPS) is 16.1. The fourth-order valence-corrected chi connectivity index (χ4v) is 2.81. The average Bonchev–Trinajstić information content (AvgIpc) is 3.00. The molecule has 1 aromatic carbocycles. The molecule has 2 aromatic rings. The molecule has 0 unspecified atom stereocenters. The number of benzene rings is 1. The molecule has 21 heavy (non-hydrogen) atoms. The van der Waals surface area contributed by atoms with E-state index in [9.17, 15) is 13.6 Å². The molecule has 1 fully saturated rings. The number of halogens is 2. The molecule has 2 heterocycles. The minimum absolute atomic E-state index is 0.219. The van der Waals surface area contributed by atoms with Crippen LogP contribution in [0, 0.1) is 11.6 Å². The molecule has 1 aliphatic rings. The SMILES string of the molecule is O=C(c1cccc(F)c1F)c1cccn1C1CCNCC1. The van der Waals surface area contributed by atoms with Crippen molar-refractivity contribution in [2.24, 2.45) is 0 Å². The summed E-state index contributed by atoms with van der Waals surface area (Å²) in [6.07, 6.45) is 3.67. The van der Waals surface area contributed by atoms with Crippen LogP contribution in [0.1, 0.15) is 34.9 Å². The number of piperidine rings is 1. The number of carbonyl (C=O) groups excluding carboxylic acids is 1. The number of ketones is 1. The van der Waals surface area contributed by atoms with Gasteiger partial charge in [-0.3, -0.25) is 4.79 Å². The number of nitrogens with zero attached hydrogens (tertiary/aromatic N) is 1. The van der Waals surface area contributed by atoms with Gasteiger partial charge in [0, 0.05) is 12.2 Å². The van der Waals surface area contributed by atoms with E-state index in [2.05, 4.69) is 5.32 Å². The van der Waals surface area contributed by atoms with Crippen molar-refractivity contribution in [3.63, 3.8) is 0 Å². The maximum atomic E-state index is 13.8. The average molecular weight is 290 g/mol. The molecule has 0 spiro atoms. The summed E-state index contributed by atoms with van der Waals surface area (Å²) in [6, 6.07) is 7.33. The van der Waals surface area contributed by atoms with E-state index in [1.54, 1.807) is 12.1 Å². The maximum absolute atomic E-state index is 13.8. The first-order valence-corrected chi connectivity index (χ1v) is 7.05. The van der Waals surface area contributed by atoms with Crippen LogP contribution in [0.3, 0.4) is 0 Å². The minimum atomic E-state index is -1.08. The van der Waals surface area contributed by atoms with E-state index in [0.29, 0.717) is 5.69 Å². The molecule has 3 rings (SSSR count). The van der Waals surface area contributed by atoms with Crippen LogP contribution < -0.4 is 5.32 Å². The van der Waals surface area contributed by atoms with Crippen LogP contribution in [0.2, 0.25) is 0 Å².